The van der Waals surface area contributed by atoms with E-state index in [0.717, 1.165) is 23.9 Å². The Hall–Kier alpha value is -1.99. The van der Waals surface area contributed by atoms with Gasteiger partial charge >= 0.3 is 5.97 Å². The van der Waals surface area contributed by atoms with Crippen LogP contribution in [0.4, 0.5) is 0 Å². The van der Waals surface area contributed by atoms with Crippen molar-refractivity contribution < 1.29 is 38.5 Å². The largest absolute Gasteiger partial charge is 0.478 e. The van der Waals surface area contributed by atoms with Gasteiger partial charge in [-0.25, -0.2) is 4.79 Å². The van der Waals surface area contributed by atoms with Crippen molar-refractivity contribution in [3.8, 4) is 0 Å². The summed E-state index contributed by atoms with van der Waals surface area (Å²) in [4.78, 5) is 46.4. The standard InChI is InChI=1S/C20H33N3O8S/c1-19(2)13-30-20(29-3,8-4-9-21)31-17(19)18(28)23-10-7-14(24)22-11-12-32-16(27)6-5-15(25)26/h5-6,17H,4,7-13,21H2,1-3H3,(H,22,24)(H,23,28)(H,25,26)/b6-5+/t17-,20?/m0/s1. The first-order valence-electron chi connectivity index (χ1n) is 10.2. The first kappa shape index (κ1) is 28.0. The number of amides is 2. The summed E-state index contributed by atoms with van der Waals surface area (Å²) in [6.07, 6.45) is 1.92. The van der Waals surface area contributed by atoms with Crippen LogP contribution in [-0.2, 0) is 33.4 Å². The molecule has 2 amide bonds. The zero-order valence-corrected chi connectivity index (χ0v) is 19.5. The van der Waals surface area contributed by atoms with Crippen molar-refractivity contribution in [3.05, 3.63) is 12.2 Å². The molecular formula is C20H33N3O8S. The normalized spacial score (nSPS) is 22.4. The van der Waals surface area contributed by atoms with E-state index in [1.165, 1.54) is 7.11 Å². The highest BCUT2D eigenvalue weighted by atomic mass is 32.2. The van der Waals surface area contributed by atoms with Crippen molar-refractivity contribution in [2.24, 2.45) is 11.1 Å². The molecular weight excluding hydrogens is 442 g/mol. The van der Waals surface area contributed by atoms with E-state index in [-0.39, 0.29) is 37.9 Å². The fourth-order valence-electron chi connectivity index (χ4n) is 2.82. The Morgan fingerprint density at radius 1 is 1.22 bits per heavy atom. The summed E-state index contributed by atoms with van der Waals surface area (Å²) < 4.78 is 17.0. The molecule has 1 heterocycles. The van der Waals surface area contributed by atoms with Gasteiger partial charge in [-0.1, -0.05) is 25.6 Å². The number of carbonyl (C=O) groups excluding carboxylic acids is 3. The fourth-order valence-corrected chi connectivity index (χ4v) is 3.39. The van der Waals surface area contributed by atoms with Crippen LogP contribution in [0, 0.1) is 5.41 Å². The van der Waals surface area contributed by atoms with Crippen LogP contribution in [0.5, 0.6) is 0 Å². The molecule has 1 saturated heterocycles. The Labute approximate surface area is 191 Å². The Bertz CT molecular complexity index is 700. The van der Waals surface area contributed by atoms with Gasteiger partial charge in [0.1, 0.15) is 6.10 Å². The van der Waals surface area contributed by atoms with E-state index >= 15 is 0 Å². The van der Waals surface area contributed by atoms with Gasteiger partial charge < -0.3 is 35.7 Å². The zero-order chi connectivity index (χ0) is 24.2. The van der Waals surface area contributed by atoms with Crippen LogP contribution in [0.1, 0.15) is 33.1 Å². The van der Waals surface area contributed by atoms with Crippen LogP contribution >= 0.6 is 11.8 Å². The van der Waals surface area contributed by atoms with Crippen molar-refractivity contribution >= 4 is 34.7 Å². The quantitative estimate of drug-likeness (QED) is 0.210. The first-order valence-corrected chi connectivity index (χ1v) is 11.2. The lowest BCUT2D eigenvalue weighted by molar-refractivity contribution is -0.425. The van der Waals surface area contributed by atoms with Gasteiger partial charge in [0.05, 0.1) is 6.61 Å². The SMILES string of the molecule is COC1(CCCN)OCC(C)(C)[C@H](C(=O)NCCC(=O)NCCSC(=O)/C=C/C(=O)O)O1. The number of carbonyl (C=O) groups is 4. The van der Waals surface area contributed by atoms with Crippen LogP contribution in [0.3, 0.4) is 0 Å². The number of carboxylic acid groups (broad SMARTS) is 1. The van der Waals surface area contributed by atoms with Crippen LogP contribution in [0.2, 0.25) is 0 Å². The van der Waals surface area contributed by atoms with Gasteiger partial charge in [-0.05, 0) is 19.0 Å². The molecule has 0 bridgehead atoms. The van der Waals surface area contributed by atoms with E-state index in [1.54, 1.807) is 0 Å². The van der Waals surface area contributed by atoms with E-state index in [0.29, 0.717) is 25.1 Å². The average molecular weight is 476 g/mol. The van der Waals surface area contributed by atoms with Gasteiger partial charge in [-0.3, -0.25) is 14.4 Å². The van der Waals surface area contributed by atoms with Gasteiger partial charge in [-0.15, -0.1) is 0 Å². The molecule has 0 radical (unpaired) electrons. The van der Waals surface area contributed by atoms with Crippen molar-refractivity contribution in [1.29, 1.82) is 0 Å². The topological polar surface area (TPSA) is 166 Å². The third-order valence-corrected chi connectivity index (χ3v) is 5.42. The summed E-state index contributed by atoms with van der Waals surface area (Å²) in [5, 5.41) is 13.4. The van der Waals surface area contributed by atoms with E-state index in [2.05, 4.69) is 10.6 Å². The molecule has 12 heteroatoms. The van der Waals surface area contributed by atoms with Gasteiger partial charge in [0.15, 0.2) is 0 Å². The summed E-state index contributed by atoms with van der Waals surface area (Å²) in [7, 11) is 1.45. The van der Waals surface area contributed by atoms with E-state index < -0.39 is 28.6 Å². The summed E-state index contributed by atoms with van der Waals surface area (Å²) in [5.74, 6) is -2.89. The Morgan fingerprint density at radius 3 is 2.56 bits per heavy atom. The maximum absolute atomic E-state index is 12.7. The maximum atomic E-state index is 12.7. The number of hydrogen-bond acceptors (Lipinski definition) is 9. The number of nitrogens with one attached hydrogen (secondary N) is 2. The van der Waals surface area contributed by atoms with Gasteiger partial charge in [0, 0.05) is 50.3 Å². The van der Waals surface area contributed by atoms with E-state index in [1.807, 2.05) is 13.8 Å². The minimum Gasteiger partial charge on any atom is -0.478 e. The minimum atomic E-state index is -1.33. The second kappa shape index (κ2) is 13.5. The Morgan fingerprint density at radius 2 is 1.94 bits per heavy atom. The van der Waals surface area contributed by atoms with E-state index in [4.69, 9.17) is 25.1 Å². The van der Waals surface area contributed by atoms with Crippen molar-refractivity contribution in [2.75, 3.05) is 39.1 Å². The van der Waals surface area contributed by atoms with Crippen LogP contribution in [-0.4, -0.2) is 79.2 Å². The predicted molar refractivity (Wildman–Crippen MR) is 118 cm³/mol. The number of nitrogens with two attached hydrogens (primary N) is 1. The first-order chi connectivity index (χ1) is 15.0. The molecule has 1 aliphatic rings. The van der Waals surface area contributed by atoms with Gasteiger partial charge in [0.25, 0.3) is 5.97 Å². The lowest BCUT2D eigenvalue weighted by atomic mass is 9.85. The lowest BCUT2D eigenvalue weighted by Crippen LogP contribution is -2.59. The summed E-state index contributed by atoms with van der Waals surface area (Å²) in [5.41, 5.74) is 4.96. The Kier molecular flexibility index (Phi) is 11.9. The van der Waals surface area contributed by atoms with Crippen molar-refractivity contribution in [3.63, 3.8) is 0 Å². The number of carboxylic acids is 1. The molecule has 0 aromatic carbocycles. The maximum Gasteiger partial charge on any atom is 0.328 e. The molecule has 0 spiro atoms. The highest BCUT2D eigenvalue weighted by Crippen LogP contribution is 2.37. The fraction of sp³-hybridized carbons (Fsp3) is 0.700. The smallest absolute Gasteiger partial charge is 0.328 e. The number of rotatable bonds is 13. The summed E-state index contributed by atoms with van der Waals surface area (Å²) in [6.45, 7) is 4.71. The second-order valence-electron chi connectivity index (χ2n) is 7.78. The molecule has 1 unspecified atom stereocenters. The highest BCUT2D eigenvalue weighted by molar-refractivity contribution is 8.14. The van der Waals surface area contributed by atoms with Crippen LogP contribution in [0.25, 0.3) is 0 Å². The molecule has 1 fully saturated rings. The van der Waals surface area contributed by atoms with Crippen molar-refractivity contribution in [1.82, 2.24) is 10.6 Å². The molecule has 0 aromatic heterocycles. The van der Waals surface area contributed by atoms with Crippen molar-refractivity contribution in [2.45, 2.75) is 45.2 Å². The number of aliphatic carboxylic acids is 1. The molecule has 2 atom stereocenters. The molecule has 0 aromatic rings. The number of methoxy groups -OCH3 is 1. The van der Waals surface area contributed by atoms with Crippen LogP contribution in [0.15, 0.2) is 12.2 Å². The minimum absolute atomic E-state index is 0.0511. The molecule has 0 aliphatic carbocycles. The highest BCUT2D eigenvalue weighted by Gasteiger charge is 2.50. The zero-order valence-electron chi connectivity index (χ0n) is 18.7. The predicted octanol–water partition coefficient (Wildman–Crippen LogP) is -0.00980. The van der Waals surface area contributed by atoms with Crippen LogP contribution < -0.4 is 16.4 Å². The molecule has 1 aliphatic heterocycles. The molecule has 32 heavy (non-hydrogen) atoms. The third-order valence-electron chi connectivity index (χ3n) is 4.59. The van der Waals surface area contributed by atoms with Gasteiger partial charge in [-0.2, -0.15) is 0 Å². The number of ether oxygens (including phenoxy) is 3. The summed E-state index contributed by atoms with van der Waals surface area (Å²) >= 11 is 0.894. The third kappa shape index (κ3) is 9.65. The average Bonchev–Trinajstić information content (AvgIpc) is 2.74. The number of hydrogen-bond donors (Lipinski definition) is 4. The Balaban J connectivity index is 2.40. The lowest BCUT2D eigenvalue weighted by Gasteiger charge is -2.46. The monoisotopic (exact) mass is 475 g/mol. The van der Waals surface area contributed by atoms with E-state index in [9.17, 15) is 19.2 Å². The molecule has 1 rings (SSSR count). The molecule has 0 saturated carbocycles. The molecule has 5 N–H and O–H groups in total. The molecule has 11 nitrogen and oxygen atoms in total. The number of thioether (sulfide) groups is 1. The van der Waals surface area contributed by atoms with Gasteiger partial charge in [0.2, 0.25) is 16.9 Å². The molecule has 182 valence electrons. The second-order valence-corrected chi connectivity index (χ2v) is 8.88. The summed E-state index contributed by atoms with van der Waals surface area (Å²) in [6, 6.07) is 0.